The van der Waals surface area contributed by atoms with Gasteiger partial charge < -0.3 is 9.11 Å². The van der Waals surface area contributed by atoms with E-state index in [0.717, 1.165) is 24.3 Å². The van der Waals surface area contributed by atoms with Crippen molar-refractivity contribution < 1.29 is 70.7 Å². The summed E-state index contributed by atoms with van der Waals surface area (Å²) in [6.45, 7) is 0. The predicted molar refractivity (Wildman–Crippen MR) is 42.4 cm³/mol. The van der Waals surface area contributed by atoms with E-state index in [1.54, 1.807) is 0 Å². The molecule has 0 heterocycles. The largest absolute Gasteiger partial charge is 1.00 e. The van der Waals surface area contributed by atoms with Gasteiger partial charge in [-0.2, -0.15) is 0 Å². The zero-order valence-electron chi connectivity index (χ0n) is 7.18. The average molecular weight is 452 g/mol. The van der Waals surface area contributed by atoms with Crippen LogP contribution in [0.1, 0.15) is 0 Å². The van der Waals surface area contributed by atoms with Crippen LogP contribution in [0.3, 0.4) is 0 Å². The molecule has 0 unspecified atom stereocenters. The third kappa shape index (κ3) is 4.80. The Labute approximate surface area is 124 Å². The molecule has 0 saturated carbocycles. The molecule has 0 aliphatic rings. The van der Waals surface area contributed by atoms with Gasteiger partial charge in [0, 0.05) is 0 Å². The van der Waals surface area contributed by atoms with E-state index >= 15 is 0 Å². The molecule has 0 aromatic heterocycles. The van der Waals surface area contributed by atoms with Gasteiger partial charge in [-0.3, -0.25) is 0 Å². The van der Waals surface area contributed by atoms with E-state index in [1.807, 2.05) is 0 Å². The molecular weight excluding hydrogens is 448 g/mol. The molecule has 0 amide bonds. The first-order valence-electron chi connectivity index (χ1n) is 3.24. The molecule has 0 atom stereocenters. The number of hydrogen-bond acceptors (Lipinski definition) is 6. The van der Waals surface area contributed by atoms with Crippen LogP contribution in [-0.4, -0.2) is 25.9 Å². The molecule has 6 nitrogen and oxygen atoms in total. The first kappa shape index (κ1) is 18.9. The fourth-order valence-corrected chi connectivity index (χ4v) is 2.59. The van der Waals surface area contributed by atoms with E-state index in [4.69, 9.17) is 0 Å². The minimum atomic E-state index is -4.95. The summed E-state index contributed by atoms with van der Waals surface area (Å²) in [4.78, 5) is -2.04. The number of hydrogen-bond donors (Lipinski definition) is 0. The maximum Gasteiger partial charge on any atom is 1.00 e. The summed E-state index contributed by atoms with van der Waals surface area (Å²) in [5, 5.41) is 0. The normalized spacial score (nSPS) is 11.1. The summed E-state index contributed by atoms with van der Waals surface area (Å²) in [5.41, 5.74) is 0. The Morgan fingerprint density at radius 2 is 1.00 bits per heavy atom. The Kier molecular flexibility index (Phi) is 7.61. The molecule has 1 aromatic rings. The van der Waals surface area contributed by atoms with Crippen molar-refractivity contribution in [1.82, 2.24) is 0 Å². The SMILES string of the molecule is O=S(=O)([O-])c1ccccc1S(=O)(=O)[O-].[Ag+].[Ag+]. The van der Waals surface area contributed by atoms with Gasteiger partial charge >= 0.3 is 44.8 Å². The Morgan fingerprint density at radius 1 is 0.750 bits per heavy atom. The monoisotopic (exact) mass is 450 g/mol. The standard InChI is InChI=1S/C6H6O6S2.2Ag/c7-13(8,9)5-3-1-2-4-6(5)14(10,11)12;;/h1-4H,(H,7,8,9)(H,10,11,12);;/q;2*+1/p-2. The van der Waals surface area contributed by atoms with Gasteiger partial charge in [0.15, 0.2) is 0 Å². The van der Waals surface area contributed by atoms with Gasteiger partial charge in [0.25, 0.3) is 0 Å². The van der Waals surface area contributed by atoms with Crippen LogP contribution >= 0.6 is 0 Å². The molecule has 16 heavy (non-hydrogen) atoms. The average Bonchev–Trinajstić information content (AvgIpc) is 2.01. The van der Waals surface area contributed by atoms with Crippen molar-refractivity contribution in [1.29, 1.82) is 0 Å². The second-order valence-corrected chi connectivity index (χ2v) is 5.05. The van der Waals surface area contributed by atoms with Crippen molar-refractivity contribution in [3.8, 4) is 0 Å². The topological polar surface area (TPSA) is 114 Å². The molecule has 0 fully saturated rings. The van der Waals surface area contributed by atoms with Crippen molar-refractivity contribution in [3.05, 3.63) is 24.3 Å². The van der Waals surface area contributed by atoms with E-state index in [-0.39, 0.29) is 44.8 Å². The fourth-order valence-electron chi connectivity index (χ4n) is 0.863. The van der Waals surface area contributed by atoms with Crippen LogP contribution in [0.4, 0.5) is 0 Å². The van der Waals surface area contributed by atoms with Gasteiger partial charge in [0.2, 0.25) is 0 Å². The van der Waals surface area contributed by atoms with Crippen molar-refractivity contribution in [2.24, 2.45) is 0 Å². The second kappa shape index (κ2) is 6.45. The Bertz CT molecular complexity index is 499. The molecule has 0 aliphatic heterocycles. The third-order valence-corrected chi connectivity index (χ3v) is 3.31. The summed E-state index contributed by atoms with van der Waals surface area (Å²) in [6, 6.07) is 3.85. The maximum absolute atomic E-state index is 10.5. The molecule has 10 heteroatoms. The molecule has 98 valence electrons. The summed E-state index contributed by atoms with van der Waals surface area (Å²) < 4.78 is 63.2. The minimum Gasteiger partial charge on any atom is -0.744 e. The van der Waals surface area contributed by atoms with Crippen LogP contribution in [0, 0.1) is 0 Å². The zero-order chi connectivity index (χ0) is 11.0. The first-order chi connectivity index (χ1) is 6.23. The Hall–Kier alpha value is 0.521. The van der Waals surface area contributed by atoms with E-state index in [9.17, 15) is 25.9 Å². The fraction of sp³-hybridized carbons (Fsp3) is 0. The summed E-state index contributed by atoms with van der Waals surface area (Å²) in [5.74, 6) is 0. The molecule has 0 saturated heterocycles. The molecule has 0 bridgehead atoms. The van der Waals surface area contributed by atoms with Gasteiger partial charge in [0.05, 0.1) is 9.79 Å². The zero-order valence-corrected chi connectivity index (χ0v) is 11.8. The van der Waals surface area contributed by atoms with Crippen molar-refractivity contribution in [2.75, 3.05) is 0 Å². The maximum atomic E-state index is 10.5. The smallest absolute Gasteiger partial charge is 0.744 e. The number of benzene rings is 1. The van der Waals surface area contributed by atoms with Gasteiger partial charge in [0.1, 0.15) is 20.2 Å². The molecule has 0 aliphatic carbocycles. The van der Waals surface area contributed by atoms with E-state index in [1.165, 1.54) is 0 Å². The van der Waals surface area contributed by atoms with Crippen LogP contribution in [0.25, 0.3) is 0 Å². The predicted octanol–water partition coefficient (Wildman–Crippen LogP) is -0.510. The van der Waals surface area contributed by atoms with Crippen LogP contribution in [-0.2, 0) is 65.0 Å². The number of rotatable bonds is 2. The van der Waals surface area contributed by atoms with Crippen molar-refractivity contribution >= 4 is 20.2 Å². The molecule has 0 radical (unpaired) electrons. The second-order valence-electron chi connectivity index (χ2n) is 2.35. The Balaban J connectivity index is 0. The van der Waals surface area contributed by atoms with Crippen molar-refractivity contribution in [2.45, 2.75) is 9.79 Å². The van der Waals surface area contributed by atoms with Gasteiger partial charge in [-0.25, -0.2) is 16.8 Å². The van der Waals surface area contributed by atoms with Crippen molar-refractivity contribution in [3.63, 3.8) is 0 Å². The van der Waals surface area contributed by atoms with Crippen LogP contribution in [0.15, 0.2) is 34.1 Å². The van der Waals surface area contributed by atoms with E-state index < -0.39 is 30.0 Å². The van der Waals surface area contributed by atoms with Crippen LogP contribution in [0.5, 0.6) is 0 Å². The molecule has 1 aromatic carbocycles. The van der Waals surface area contributed by atoms with Gasteiger partial charge in [-0.15, -0.1) is 0 Å². The molecule has 0 N–H and O–H groups in total. The molecular formula is C6H4Ag2O6S2. The first-order valence-corrected chi connectivity index (χ1v) is 6.05. The third-order valence-electron chi connectivity index (χ3n) is 1.39. The van der Waals surface area contributed by atoms with E-state index in [2.05, 4.69) is 0 Å². The summed E-state index contributed by atoms with van der Waals surface area (Å²) in [6.07, 6.45) is 0. The van der Waals surface area contributed by atoms with Crippen LogP contribution in [0.2, 0.25) is 0 Å². The minimum absolute atomic E-state index is 0. The molecule has 1 rings (SSSR count). The van der Waals surface area contributed by atoms with Gasteiger partial charge in [-0.1, -0.05) is 12.1 Å². The summed E-state index contributed by atoms with van der Waals surface area (Å²) >= 11 is 0. The van der Waals surface area contributed by atoms with Gasteiger partial charge in [-0.05, 0) is 12.1 Å². The van der Waals surface area contributed by atoms with Crippen LogP contribution < -0.4 is 0 Å². The Morgan fingerprint density at radius 3 is 1.19 bits per heavy atom. The quantitative estimate of drug-likeness (QED) is 0.442. The molecule has 0 spiro atoms. The summed E-state index contributed by atoms with van der Waals surface area (Å²) in [7, 11) is -9.89. The van der Waals surface area contributed by atoms with E-state index in [0.29, 0.717) is 0 Å².